The lowest BCUT2D eigenvalue weighted by Gasteiger charge is -2.23. The molecule has 1 aliphatic rings. The highest BCUT2D eigenvalue weighted by Gasteiger charge is 2.13. The first kappa shape index (κ1) is 10.7. The number of anilines is 2. The van der Waals surface area contributed by atoms with Crippen molar-refractivity contribution >= 4 is 23.1 Å². The highest BCUT2D eigenvalue weighted by atomic mass is 32.2. The predicted octanol–water partition coefficient (Wildman–Crippen LogP) is 2.88. The third-order valence-corrected chi connectivity index (χ3v) is 4.03. The molecule has 2 rings (SSSR count). The highest BCUT2D eigenvalue weighted by molar-refractivity contribution is 7.99. The van der Waals surface area contributed by atoms with Gasteiger partial charge >= 0.3 is 0 Å². The molecule has 2 nitrogen and oxygen atoms in total. The quantitative estimate of drug-likeness (QED) is 0.756. The van der Waals surface area contributed by atoms with Crippen molar-refractivity contribution in [3.63, 3.8) is 0 Å². The molecule has 0 radical (unpaired) electrons. The molecule has 82 valence electrons. The van der Waals surface area contributed by atoms with Crippen molar-refractivity contribution in [2.24, 2.45) is 0 Å². The largest absolute Gasteiger partial charge is 0.398 e. The van der Waals surface area contributed by atoms with Crippen LogP contribution in [0.3, 0.4) is 0 Å². The Morgan fingerprint density at radius 1 is 1.47 bits per heavy atom. The summed E-state index contributed by atoms with van der Waals surface area (Å²) in [4.78, 5) is 0. The van der Waals surface area contributed by atoms with Crippen LogP contribution in [0.4, 0.5) is 11.4 Å². The smallest absolute Gasteiger partial charge is 0.0364 e. The first-order valence-electron chi connectivity index (χ1n) is 5.46. The Balaban J connectivity index is 2.00. The molecule has 1 atom stereocenters. The molecule has 1 aromatic carbocycles. The molecule has 3 N–H and O–H groups in total. The maximum atomic E-state index is 5.88. The van der Waals surface area contributed by atoms with Gasteiger partial charge in [-0.25, -0.2) is 0 Å². The lowest BCUT2D eigenvalue weighted by molar-refractivity contribution is 0.685. The Labute approximate surface area is 95.6 Å². The monoisotopic (exact) mass is 222 g/mol. The van der Waals surface area contributed by atoms with Gasteiger partial charge in [-0.1, -0.05) is 6.07 Å². The van der Waals surface area contributed by atoms with E-state index in [0.29, 0.717) is 6.04 Å². The summed E-state index contributed by atoms with van der Waals surface area (Å²) in [6, 6.07) is 6.85. The third-order valence-electron chi connectivity index (χ3n) is 2.81. The normalized spacial score (nSPS) is 21.3. The number of thioether (sulfide) groups is 1. The number of rotatable bonds is 2. The second-order valence-electron chi connectivity index (χ2n) is 4.13. The molecule has 1 saturated heterocycles. The molecule has 3 heteroatoms. The van der Waals surface area contributed by atoms with Crippen molar-refractivity contribution in [1.29, 1.82) is 0 Å². The SMILES string of the molecule is Cc1ccc(NC2CCCSC2)cc1N. The molecule has 1 aliphatic heterocycles. The van der Waals surface area contributed by atoms with Gasteiger partial charge < -0.3 is 11.1 Å². The fraction of sp³-hybridized carbons (Fsp3) is 0.500. The molecule has 15 heavy (non-hydrogen) atoms. The van der Waals surface area contributed by atoms with E-state index in [1.54, 1.807) is 0 Å². The van der Waals surface area contributed by atoms with Gasteiger partial charge in [0.15, 0.2) is 0 Å². The maximum absolute atomic E-state index is 5.88. The summed E-state index contributed by atoms with van der Waals surface area (Å²) >= 11 is 2.04. The summed E-state index contributed by atoms with van der Waals surface area (Å²) in [5, 5.41) is 3.55. The Morgan fingerprint density at radius 2 is 2.33 bits per heavy atom. The number of nitrogen functional groups attached to an aromatic ring is 1. The zero-order chi connectivity index (χ0) is 10.7. The van der Waals surface area contributed by atoms with Gasteiger partial charge in [-0.05, 0) is 43.2 Å². The van der Waals surface area contributed by atoms with Crippen LogP contribution in [0.25, 0.3) is 0 Å². The van der Waals surface area contributed by atoms with Crippen molar-refractivity contribution in [3.05, 3.63) is 23.8 Å². The molecule has 1 fully saturated rings. The first-order valence-corrected chi connectivity index (χ1v) is 6.61. The minimum absolute atomic E-state index is 0.617. The zero-order valence-electron chi connectivity index (χ0n) is 9.12. The fourth-order valence-corrected chi connectivity index (χ4v) is 2.89. The van der Waals surface area contributed by atoms with Crippen LogP contribution < -0.4 is 11.1 Å². The van der Waals surface area contributed by atoms with Crippen LogP contribution in [0.2, 0.25) is 0 Å². The van der Waals surface area contributed by atoms with Crippen LogP contribution in [0.5, 0.6) is 0 Å². The molecule has 0 amide bonds. The molecular weight excluding hydrogens is 204 g/mol. The molecule has 1 aromatic rings. The van der Waals surface area contributed by atoms with Gasteiger partial charge in [0.05, 0.1) is 0 Å². The lowest BCUT2D eigenvalue weighted by atomic mass is 10.1. The standard InChI is InChI=1S/C12H18N2S/c1-9-4-5-10(7-12(9)13)14-11-3-2-6-15-8-11/h4-5,7,11,14H,2-3,6,8,13H2,1H3. The topological polar surface area (TPSA) is 38.0 Å². The van der Waals surface area contributed by atoms with Crippen LogP contribution in [-0.2, 0) is 0 Å². The van der Waals surface area contributed by atoms with E-state index in [1.807, 2.05) is 24.8 Å². The third kappa shape index (κ3) is 2.81. The van der Waals surface area contributed by atoms with Gasteiger partial charge in [-0.3, -0.25) is 0 Å². The van der Waals surface area contributed by atoms with Gasteiger partial charge in [0.2, 0.25) is 0 Å². The van der Waals surface area contributed by atoms with Crippen molar-refractivity contribution in [3.8, 4) is 0 Å². The minimum atomic E-state index is 0.617. The number of hydrogen-bond acceptors (Lipinski definition) is 3. The van der Waals surface area contributed by atoms with E-state index in [2.05, 4.69) is 17.4 Å². The van der Waals surface area contributed by atoms with Crippen molar-refractivity contribution < 1.29 is 0 Å². The number of benzene rings is 1. The Morgan fingerprint density at radius 3 is 3.00 bits per heavy atom. The van der Waals surface area contributed by atoms with Crippen LogP contribution in [0.1, 0.15) is 18.4 Å². The van der Waals surface area contributed by atoms with E-state index in [0.717, 1.165) is 16.9 Å². The van der Waals surface area contributed by atoms with Crippen molar-refractivity contribution in [2.75, 3.05) is 22.6 Å². The average Bonchev–Trinajstić information content (AvgIpc) is 2.25. The van der Waals surface area contributed by atoms with Crippen molar-refractivity contribution in [1.82, 2.24) is 0 Å². The van der Waals surface area contributed by atoms with E-state index in [1.165, 1.54) is 24.3 Å². The minimum Gasteiger partial charge on any atom is -0.398 e. The van der Waals surface area contributed by atoms with E-state index in [4.69, 9.17) is 5.73 Å². The number of aryl methyl sites for hydroxylation is 1. The van der Waals surface area contributed by atoms with Crippen LogP contribution >= 0.6 is 11.8 Å². The summed E-state index contributed by atoms with van der Waals surface area (Å²) in [5.74, 6) is 2.53. The van der Waals surface area contributed by atoms with Gasteiger partial charge in [-0.15, -0.1) is 0 Å². The molecule has 0 spiro atoms. The average molecular weight is 222 g/mol. The van der Waals surface area contributed by atoms with Gasteiger partial charge in [0, 0.05) is 23.2 Å². The number of hydrogen-bond donors (Lipinski definition) is 2. The molecule has 0 aromatic heterocycles. The van der Waals surface area contributed by atoms with Crippen LogP contribution in [0, 0.1) is 6.92 Å². The van der Waals surface area contributed by atoms with E-state index in [-0.39, 0.29) is 0 Å². The zero-order valence-corrected chi connectivity index (χ0v) is 9.94. The fourth-order valence-electron chi connectivity index (χ4n) is 1.82. The van der Waals surface area contributed by atoms with Crippen LogP contribution in [-0.4, -0.2) is 17.5 Å². The highest BCUT2D eigenvalue weighted by Crippen LogP contribution is 2.23. The molecule has 0 bridgehead atoms. The second kappa shape index (κ2) is 4.79. The van der Waals surface area contributed by atoms with Crippen molar-refractivity contribution in [2.45, 2.75) is 25.8 Å². The Kier molecular flexibility index (Phi) is 3.41. The molecule has 1 heterocycles. The summed E-state index contributed by atoms with van der Waals surface area (Å²) in [5.41, 5.74) is 9.07. The van der Waals surface area contributed by atoms with E-state index in [9.17, 15) is 0 Å². The molecular formula is C12H18N2S. The van der Waals surface area contributed by atoms with E-state index < -0.39 is 0 Å². The van der Waals surface area contributed by atoms with Crippen LogP contribution in [0.15, 0.2) is 18.2 Å². The van der Waals surface area contributed by atoms with Gasteiger partial charge in [-0.2, -0.15) is 11.8 Å². The Bertz CT molecular complexity index is 332. The number of nitrogens with two attached hydrogens (primary N) is 1. The lowest BCUT2D eigenvalue weighted by Crippen LogP contribution is -2.25. The molecule has 0 saturated carbocycles. The van der Waals surface area contributed by atoms with Gasteiger partial charge in [0.25, 0.3) is 0 Å². The van der Waals surface area contributed by atoms with E-state index >= 15 is 0 Å². The summed E-state index contributed by atoms with van der Waals surface area (Å²) in [7, 11) is 0. The first-order chi connectivity index (χ1) is 7.25. The summed E-state index contributed by atoms with van der Waals surface area (Å²) < 4.78 is 0. The van der Waals surface area contributed by atoms with Gasteiger partial charge in [0.1, 0.15) is 0 Å². The summed E-state index contributed by atoms with van der Waals surface area (Å²) in [6.45, 7) is 2.04. The summed E-state index contributed by atoms with van der Waals surface area (Å²) in [6.07, 6.45) is 2.60. The predicted molar refractivity (Wildman–Crippen MR) is 69.6 cm³/mol. The molecule has 1 unspecified atom stereocenters. The number of nitrogens with one attached hydrogen (secondary N) is 1. The maximum Gasteiger partial charge on any atom is 0.0364 e. The Hall–Kier alpha value is -0.830. The molecule has 0 aliphatic carbocycles. The second-order valence-corrected chi connectivity index (χ2v) is 5.28.